The molecule has 0 spiro atoms. The van der Waals surface area contributed by atoms with Gasteiger partial charge in [-0.15, -0.1) is 0 Å². The number of halogens is 1. The van der Waals surface area contributed by atoms with E-state index in [9.17, 15) is 19.1 Å². The number of benzene rings is 5. The van der Waals surface area contributed by atoms with Crippen molar-refractivity contribution in [1.29, 1.82) is 0 Å². The Morgan fingerprint density at radius 3 is 2.17 bits per heavy atom. The van der Waals surface area contributed by atoms with Gasteiger partial charge in [-0.2, -0.15) is 0 Å². The summed E-state index contributed by atoms with van der Waals surface area (Å²) < 4.78 is 13.2. The van der Waals surface area contributed by atoms with Crippen LogP contribution in [0.15, 0.2) is 78.9 Å². The fourth-order valence-electron chi connectivity index (χ4n) is 5.96. The Hall–Kier alpha value is -4.23. The molecular weight excluding hydrogens is 505 g/mol. The molecule has 1 unspecified atom stereocenters. The Morgan fingerprint density at radius 2 is 1.48 bits per heavy atom. The second-order valence-electron chi connectivity index (χ2n) is 10.5. The first-order valence-electron chi connectivity index (χ1n) is 13.9. The zero-order chi connectivity index (χ0) is 27.6. The van der Waals surface area contributed by atoms with Gasteiger partial charge in [-0.1, -0.05) is 54.6 Å². The summed E-state index contributed by atoms with van der Waals surface area (Å²) in [5, 5.41) is 20.0. The summed E-state index contributed by atoms with van der Waals surface area (Å²) in [6, 6.07) is 24.7. The van der Waals surface area contributed by atoms with Crippen LogP contribution in [-0.2, 0) is 16.0 Å². The minimum absolute atomic E-state index is 0.241. The van der Waals surface area contributed by atoms with Crippen LogP contribution in [-0.4, -0.2) is 60.6 Å². The monoisotopic (exact) mass is 537 g/mol. The van der Waals surface area contributed by atoms with Crippen molar-refractivity contribution in [2.45, 2.75) is 25.3 Å². The van der Waals surface area contributed by atoms with Crippen molar-refractivity contribution in [3.63, 3.8) is 0 Å². The van der Waals surface area contributed by atoms with Crippen LogP contribution in [0.25, 0.3) is 32.3 Å². The van der Waals surface area contributed by atoms with Gasteiger partial charge >= 0.3 is 0 Å². The lowest BCUT2D eigenvalue weighted by atomic mass is 9.90. The van der Waals surface area contributed by atoms with E-state index < -0.39 is 12.6 Å². The third-order valence-electron chi connectivity index (χ3n) is 8.07. The zero-order valence-corrected chi connectivity index (χ0v) is 22.3. The van der Waals surface area contributed by atoms with Gasteiger partial charge in [-0.05, 0) is 75.0 Å². The van der Waals surface area contributed by atoms with E-state index >= 15 is 0 Å². The largest absolute Gasteiger partial charge is 0.394 e. The first kappa shape index (κ1) is 26.0. The highest BCUT2D eigenvalue weighted by Gasteiger charge is 2.28. The number of nitrogens with one attached hydrogen (secondary N) is 1. The van der Waals surface area contributed by atoms with Crippen LogP contribution < -0.4 is 10.2 Å². The molecule has 1 atom stereocenters. The summed E-state index contributed by atoms with van der Waals surface area (Å²) in [6.45, 7) is 1.69. The number of aryl methyl sites for hydroxylation is 1. The summed E-state index contributed by atoms with van der Waals surface area (Å²) in [5.41, 5.74) is 2.11. The maximum absolute atomic E-state index is 13.2. The molecule has 2 amide bonds. The summed E-state index contributed by atoms with van der Waals surface area (Å²) >= 11 is 0. The molecule has 6 nitrogen and oxygen atoms in total. The molecule has 1 saturated heterocycles. The van der Waals surface area contributed by atoms with Gasteiger partial charge in [0.15, 0.2) is 0 Å². The number of carbonyl (C=O) groups is 2. The van der Waals surface area contributed by atoms with Crippen molar-refractivity contribution >= 4 is 49.8 Å². The molecule has 0 radical (unpaired) electrons. The van der Waals surface area contributed by atoms with Crippen molar-refractivity contribution < 1.29 is 19.1 Å². The van der Waals surface area contributed by atoms with Crippen LogP contribution in [0.5, 0.6) is 0 Å². The van der Waals surface area contributed by atoms with E-state index in [0.29, 0.717) is 32.6 Å². The fourth-order valence-corrected chi connectivity index (χ4v) is 5.96. The summed E-state index contributed by atoms with van der Waals surface area (Å²) in [5.74, 6) is -0.800. The zero-order valence-electron chi connectivity index (χ0n) is 22.3. The van der Waals surface area contributed by atoms with Crippen LogP contribution in [0.2, 0.25) is 0 Å². The van der Waals surface area contributed by atoms with Crippen LogP contribution in [0, 0.1) is 5.82 Å². The highest BCUT2D eigenvalue weighted by atomic mass is 19.1. The summed E-state index contributed by atoms with van der Waals surface area (Å²) in [6.07, 6.45) is 1.65. The molecular formula is C33H32FN3O3. The molecule has 0 bridgehead atoms. The van der Waals surface area contributed by atoms with Gasteiger partial charge in [0.05, 0.1) is 6.61 Å². The number of nitrogens with zero attached hydrogens (tertiary/aromatic N) is 2. The van der Waals surface area contributed by atoms with Gasteiger partial charge in [0.1, 0.15) is 11.9 Å². The lowest BCUT2D eigenvalue weighted by molar-refractivity contribution is -0.137. The van der Waals surface area contributed by atoms with Gasteiger partial charge < -0.3 is 20.2 Å². The molecule has 2 N–H and O–H groups in total. The fraction of sp³-hybridized carbons (Fsp3) is 0.273. The number of aliphatic hydroxyl groups is 1. The van der Waals surface area contributed by atoms with Gasteiger partial charge in [0.25, 0.3) is 0 Å². The van der Waals surface area contributed by atoms with Gasteiger partial charge in [0.2, 0.25) is 11.8 Å². The quantitative estimate of drug-likeness (QED) is 0.277. The number of carbonyl (C=O) groups excluding carboxylic acids is 2. The molecule has 1 fully saturated rings. The molecule has 1 aliphatic rings. The Labute approximate surface area is 232 Å². The minimum Gasteiger partial charge on any atom is -0.394 e. The lowest BCUT2D eigenvalue weighted by Crippen LogP contribution is -2.56. The Morgan fingerprint density at radius 1 is 0.825 bits per heavy atom. The van der Waals surface area contributed by atoms with Crippen LogP contribution in [0.4, 0.5) is 10.1 Å². The molecule has 0 aliphatic carbocycles. The number of piperazine rings is 1. The van der Waals surface area contributed by atoms with Crippen LogP contribution in [0.3, 0.4) is 0 Å². The average molecular weight is 538 g/mol. The molecule has 1 heterocycles. The Balaban J connectivity index is 1.05. The van der Waals surface area contributed by atoms with Crippen molar-refractivity contribution in [1.82, 2.24) is 10.2 Å². The van der Waals surface area contributed by atoms with Crippen molar-refractivity contribution in [2.75, 3.05) is 37.7 Å². The van der Waals surface area contributed by atoms with Gasteiger partial charge in [-0.3, -0.25) is 9.59 Å². The normalized spacial score (nSPS) is 14.8. The summed E-state index contributed by atoms with van der Waals surface area (Å²) in [7, 11) is 0. The molecule has 0 saturated carbocycles. The van der Waals surface area contributed by atoms with Gasteiger partial charge in [0, 0.05) is 38.3 Å². The topological polar surface area (TPSA) is 72.9 Å². The average Bonchev–Trinajstić information content (AvgIpc) is 2.99. The van der Waals surface area contributed by atoms with Crippen LogP contribution >= 0.6 is 0 Å². The highest BCUT2D eigenvalue weighted by Crippen LogP contribution is 2.36. The molecule has 0 aromatic heterocycles. The number of anilines is 1. The van der Waals surface area contributed by atoms with E-state index in [4.69, 9.17) is 0 Å². The molecule has 5 aromatic rings. The van der Waals surface area contributed by atoms with Crippen LogP contribution in [0.1, 0.15) is 18.4 Å². The molecule has 40 heavy (non-hydrogen) atoms. The van der Waals surface area contributed by atoms with E-state index in [2.05, 4.69) is 64.8 Å². The Bertz CT molecular complexity index is 1650. The minimum atomic E-state index is -0.959. The number of rotatable bonds is 8. The second kappa shape index (κ2) is 11.1. The lowest BCUT2D eigenvalue weighted by Gasteiger charge is -2.37. The van der Waals surface area contributed by atoms with E-state index in [1.54, 1.807) is 17.0 Å². The Kier molecular flexibility index (Phi) is 7.22. The molecule has 1 aliphatic heterocycles. The SMILES string of the molecule is O=C(CCCc1ccc2ccc3cccc4ccc1c2c34)NC(CO)C(=O)N1CCN(c2ccc(F)cc2)CC1. The standard InChI is InChI=1S/C33H32FN3O3/c34-26-12-14-27(15-13-26)36-17-19-37(20-18-36)33(40)29(21-38)35-30(39)6-2-3-22-7-8-25-10-9-23-4-1-5-24-11-16-28(22)32(25)31(23)24/h1,4-5,7-16,29,38H,2-3,6,17-21H2,(H,35,39). The first-order valence-corrected chi connectivity index (χ1v) is 13.9. The summed E-state index contributed by atoms with van der Waals surface area (Å²) in [4.78, 5) is 29.6. The van der Waals surface area contributed by atoms with Crippen molar-refractivity contribution in [3.05, 3.63) is 90.2 Å². The first-order chi connectivity index (χ1) is 19.5. The predicted octanol–water partition coefficient (Wildman–Crippen LogP) is 4.87. The molecule has 204 valence electrons. The van der Waals surface area contributed by atoms with E-state index in [0.717, 1.165) is 12.1 Å². The number of hydrogen-bond acceptors (Lipinski definition) is 4. The number of amides is 2. The highest BCUT2D eigenvalue weighted by molar-refractivity contribution is 6.23. The molecule has 6 rings (SSSR count). The van der Waals surface area contributed by atoms with E-state index in [1.807, 2.05) is 0 Å². The number of hydrogen-bond donors (Lipinski definition) is 2. The third kappa shape index (κ3) is 5.05. The number of aliphatic hydroxyl groups excluding tert-OH is 1. The van der Waals surface area contributed by atoms with E-state index in [1.165, 1.54) is 50.0 Å². The maximum Gasteiger partial charge on any atom is 0.247 e. The smallest absolute Gasteiger partial charge is 0.247 e. The van der Waals surface area contributed by atoms with E-state index in [-0.39, 0.29) is 24.1 Å². The maximum atomic E-state index is 13.2. The predicted molar refractivity (Wildman–Crippen MR) is 157 cm³/mol. The van der Waals surface area contributed by atoms with Crippen molar-refractivity contribution in [3.8, 4) is 0 Å². The third-order valence-corrected chi connectivity index (χ3v) is 8.07. The van der Waals surface area contributed by atoms with Gasteiger partial charge in [-0.25, -0.2) is 4.39 Å². The molecule has 5 aromatic carbocycles. The van der Waals surface area contributed by atoms with Crippen molar-refractivity contribution in [2.24, 2.45) is 0 Å². The second-order valence-corrected chi connectivity index (χ2v) is 10.5. The molecule has 7 heteroatoms.